The summed E-state index contributed by atoms with van der Waals surface area (Å²) in [5.74, 6) is 0.408. The SMILES string of the molecule is CCS(=O)(=O)c1ccc(CNC(=O)N2CC(c3ccccc3)C(c3cc(C)nn3C)C2)cc1. The fourth-order valence-electron chi connectivity index (χ4n) is 4.56. The van der Waals surface area contributed by atoms with Crippen molar-refractivity contribution in [1.29, 1.82) is 0 Å². The molecule has 3 aromatic rings. The lowest BCUT2D eigenvalue weighted by molar-refractivity contribution is 0.207. The van der Waals surface area contributed by atoms with E-state index >= 15 is 0 Å². The Bertz CT molecular complexity index is 1220. The number of aromatic nitrogens is 2. The van der Waals surface area contributed by atoms with E-state index in [4.69, 9.17) is 0 Å². The van der Waals surface area contributed by atoms with E-state index in [1.165, 1.54) is 5.56 Å². The molecule has 4 rings (SSSR count). The fourth-order valence-corrected chi connectivity index (χ4v) is 5.44. The highest BCUT2D eigenvalue weighted by Crippen LogP contribution is 2.39. The first-order chi connectivity index (χ1) is 15.8. The predicted molar refractivity (Wildman–Crippen MR) is 128 cm³/mol. The minimum absolute atomic E-state index is 0.0674. The lowest BCUT2D eigenvalue weighted by Crippen LogP contribution is -2.38. The number of hydrogen-bond acceptors (Lipinski definition) is 4. The van der Waals surface area contributed by atoms with Crippen molar-refractivity contribution in [3.63, 3.8) is 0 Å². The van der Waals surface area contributed by atoms with Crippen molar-refractivity contribution in [2.75, 3.05) is 18.8 Å². The third-order valence-electron chi connectivity index (χ3n) is 6.36. The van der Waals surface area contributed by atoms with Gasteiger partial charge in [-0.3, -0.25) is 4.68 Å². The predicted octanol–water partition coefficient (Wildman–Crippen LogP) is 3.61. The van der Waals surface area contributed by atoms with Crippen molar-refractivity contribution in [3.8, 4) is 0 Å². The van der Waals surface area contributed by atoms with Gasteiger partial charge in [-0.25, -0.2) is 13.2 Å². The van der Waals surface area contributed by atoms with Crippen molar-refractivity contribution >= 4 is 15.9 Å². The van der Waals surface area contributed by atoms with Crippen molar-refractivity contribution in [3.05, 3.63) is 83.2 Å². The number of carbonyl (C=O) groups excluding carboxylic acids is 1. The van der Waals surface area contributed by atoms with E-state index in [1.54, 1.807) is 31.2 Å². The summed E-state index contributed by atoms with van der Waals surface area (Å²) in [7, 11) is -1.27. The molecule has 0 saturated carbocycles. The van der Waals surface area contributed by atoms with Gasteiger partial charge in [0.25, 0.3) is 0 Å². The van der Waals surface area contributed by atoms with Gasteiger partial charge in [-0.1, -0.05) is 49.4 Å². The maximum absolute atomic E-state index is 13.0. The summed E-state index contributed by atoms with van der Waals surface area (Å²) < 4.78 is 25.9. The van der Waals surface area contributed by atoms with Crippen LogP contribution in [0.3, 0.4) is 0 Å². The van der Waals surface area contributed by atoms with Crippen LogP contribution in [0.4, 0.5) is 4.79 Å². The lowest BCUT2D eigenvalue weighted by atomic mass is 9.86. The summed E-state index contributed by atoms with van der Waals surface area (Å²) in [6.07, 6.45) is 0. The van der Waals surface area contributed by atoms with Crippen LogP contribution in [0.2, 0.25) is 0 Å². The number of nitrogens with zero attached hydrogens (tertiary/aromatic N) is 3. The minimum atomic E-state index is -3.23. The second-order valence-corrected chi connectivity index (χ2v) is 10.8. The molecule has 174 valence electrons. The first-order valence-electron chi connectivity index (χ1n) is 11.2. The van der Waals surface area contributed by atoms with E-state index in [2.05, 4.69) is 28.6 Å². The molecule has 0 aliphatic carbocycles. The van der Waals surface area contributed by atoms with E-state index < -0.39 is 9.84 Å². The third-order valence-corrected chi connectivity index (χ3v) is 8.11. The average Bonchev–Trinajstić information content (AvgIpc) is 3.41. The Balaban J connectivity index is 1.47. The molecular weight excluding hydrogens is 436 g/mol. The van der Waals surface area contributed by atoms with Gasteiger partial charge >= 0.3 is 6.03 Å². The van der Waals surface area contributed by atoms with E-state index in [9.17, 15) is 13.2 Å². The van der Waals surface area contributed by atoms with Gasteiger partial charge in [-0.2, -0.15) is 5.10 Å². The first-order valence-corrected chi connectivity index (χ1v) is 12.8. The van der Waals surface area contributed by atoms with Crippen molar-refractivity contribution in [2.24, 2.45) is 7.05 Å². The molecule has 0 spiro atoms. The summed E-state index contributed by atoms with van der Waals surface area (Å²) in [5, 5.41) is 7.51. The number of hydrogen-bond donors (Lipinski definition) is 1. The molecule has 1 saturated heterocycles. The molecule has 1 aliphatic heterocycles. The lowest BCUT2D eigenvalue weighted by Gasteiger charge is -2.18. The number of likely N-dealkylation sites (tertiary alicyclic amines) is 1. The fraction of sp³-hybridized carbons (Fsp3) is 0.360. The van der Waals surface area contributed by atoms with Crippen molar-refractivity contribution in [2.45, 2.75) is 37.1 Å². The van der Waals surface area contributed by atoms with Gasteiger partial charge in [0.05, 0.1) is 16.3 Å². The van der Waals surface area contributed by atoms with Crippen LogP contribution in [-0.2, 0) is 23.4 Å². The van der Waals surface area contributed by atoms with Gasteiger partial charge in [0.15, 0.2) is 9.84 Å². The van der Waals surface area contributed by atoms with Crippen LogP contribution < -0.4 is 5.32 Å². The Morgan fingerprint density at radius 2 is 1.73 bits per heavy atom. The quantitative estimate of drug-likeness (QED) is 0.601. The smallest absolute Gasteiger partial charge is 0.317 e. The average molecular weight is 467 g/mol. The number of sulfone groups is 1. The van der Waals surface area contributed by atoms with Crippen LogP contribution in [0, 0.1) is 6.92 Å². The van der Waals surface area contributed by atoms with Gasteiger partial charge in [-0.15, -0.1) is 0 Å². The molecule has 33 heavy (non-hydrogen) atoms. The number of carbonyl (C=O) groups is 1. The Morgan fingerprint density at radius 3 is 2.33 bits per heavy atom. The van der Waals surface area contributed by atoms with E-state index in [0.717, 1.165) is 17.0 Å². The van der Waals surface area contributed by atoms with Crippen LogP contribution in [0.5, 0.6) is 0 Å². The molecule has 2 unspecified atom stereocenters. The van der Waals surface area contributed by atoms with Crippen molar-refractivity contribution in [1.82, 2.24) is 20.0 Å². The molecular formula is C25H30N4O3S. The topological polar surface area (TPSA) is 84.3 Å². The number of urea groups is 1. The molecule has 1 fully saturated rings. The third kappa shape index (κ3) is 4.95. The van der Waals surface area contributed by atoms with Gasteiger partial charge in [0.1, 0.15) is 0 Å². The second-order valence-electron chi connectivity index (χ2n) is 8.57. The minimum Gasteiger partial charge on any atom is -0.334 e. The largest absolute Gasteiger partial charge is 0.334 e. The zero-order valence-electron chi connectivity index (χ0n) is 19.2. The van der Waals surface area contributed by atoms with Gasteiger partial charge < -0.3 is 10.2 Å². The molecule has 2 atom stereocenters. The van der Waals surface area contributed by atoms with Crippen molar-refractivity contribution < 1.29 is 13.2 Å². The molecule has 2 amide bonds. The highest BCUT2D eigenvalue weighted by Gasteiger charge is 2.38. The second kappa shape index (κ2) is 9.39. The maximum Gasteiger partial charge on any atom is 0.317 e. The Hall–Kier alpha value is -3.13. The molecule has 1 aromatic heterocycles. The number of rotatable bonds is 6. The van der Waals surface area contributed by atoms with Gasteiger partial charge in [0.2, 0.25) is 0 Å². The summed E-state index contributed by atoms with van der Waals surface area (Å²) in [6.45, 7) is 5.18. The van der Waals surface area contributed by atoms with E-state index in [0.29, 0.717) is 24.5 Å². The normalized spacial score (nSPS) is 18.5. The zero-order chi connectivity index (χ0) is 23.6. The summed E-state index contributed by atoms with van der Waals surface area (Å²) >= 11 is 0. The van der Waals surface area contributed by atoms with Crippen LogP contribution in [-0.4, -0.2) is 48.0 Å². The zero-order valence-corrected chi connectivity index (χ0v) is 20.0. The monoisotopic (exact) mass is 466 g/mol. The highest BCUT2D eigenvalue weighted by atomic mass is 32.2. The summed E-state index contributed by atoms with van der Waals surface area (Å²) in [4.78, 5) is 15.2. The Morgan fingerprint density at radius 1 is 1.06 bits per heavy atom. The standard InChI is InChI=1S/C25H30N4O3S/c1-4-33(31,32)21-12-10-19(11-13-21)15-26-25(30)29-16-22(20-8-6-5-7-9-20)23(17-29)24-14-18(2)27-28(24)3/h5-14,22-23H,4,15-17H2,1-3H3,(H,26,30). The number of amides is 2. The van der Waals surface area contributed by atoms with Crippen LogP contribution in [0.25, 0.3) is 0 Å². The first kappa shape index (κ1) is 23.0. The molecule has 7 nitrogen and oxygen atoms in total. The molecule has 0 radical (unpaired) electrons. The van der Waals surface area contributed by atoms with E-state index in [1.807, 2.05) is 41.8 Å². The molecule has 2 aromatic carbocycles. The molecule has 1 aliphatic rings. The molecule has 8 heteroatoms. The number of nitrogens with one attached hydrogen (secondary N) is 1. The van der Waals surface area contributed by atoms with Gasteiger partial charge in [0, 0.05) is 44.2 Å². The summed E-state index contributed by atoms with van der Waals surface area (Å²) in [5.41, 5.74) is 4.17. The van der Waals surface area contributed by atoms with E-state index in [-0.39, 0.29) is 23.6 Å². The van der Waals surface area contributed by atoms with Crippen LogP contribution in [0.15, 0.2) is 65.6 Å². The Kier molecular flexibility index (Phi) is 6.56. The maximum atomic E-state index is 13.0. The molecule has 0 bridgehead atoms. The highest BCUT2D eigenvalue weighted by molar-refractivity contribution is 7.91. The van der Waals surface area contributed by atoms with Gasteiger partial charge in [-0.05, 0) is 36.2 Å². The summed E-state index contributed by atoms with van der Waals surface area (Å²) in [6, 6.07) is 19.0. The van der Waals surface area contributed by atoms with Crippen LogP contribution in [0.1, 0.15) is 41.3 Å². The van der Waals surface area contributed by atoms with Crippen LogP contribution >= 0.6 is 0 Å². The Labute approximate surface area is 195 Å². The molecule has 2 heterocycles. The number of aryl methyl sites for hydroxylation is 2. The number of benzene rings is 2. The molecule has 1 N–H and O–H groups in total.